The zero-order valence-electron chi connectivity index (χ0n) is 19.0. The molecule has 0 heterocycles. The molecule has 0 aliphatic carbocycles. The number of anilines is 1. The van der Waals surface area contributed by atoms with E-state index in [9.17, 15) is 9.90 Å². The predicted molar refractivity (Wildman–Crippen MR) is 121 cm³/mol. The minimum atomic E-state index is -0.350. The molecule has 28 heavy (non-hydrogen) atoms. The third-order valence-electron chi connectivity index (χ3n) is 5.93. The average Bonchev–Trinajstić information content (AvgIpc) is 2.70. The third-order valence-corrected chi connectivity index (χ3v) is 5.93. The van der Waals surface area contributed by atoms with Crippen molar-refractivity contribution in [3.63, 3.8) is 0 Å². The summed E-state index contributed by atoms with van der Waals surface area (Å²) in [6, 6.07) is 8.28. The highest BCUT2D eigenvalue weighted by Gasteiger charge is 2.29. The maximum absolute atomic E-state index is 12.5. The van der Waals surface area contributed by atoms with Crippen LogP contribution in [0.3, 0.4) is 0 Å². The lowest BCUT2D eigenvalue weighted by Crippen LogP contribution is -2.34. The molecule has 0 radical (unpaired) electrons. The molecule has 1 rings (SSSR count). The number of carbonyl (C=O) groups is 1. The van der Waals surface area contributed by atoms with E-state index in [-0.39, 0.29) is 17.4 Å². The Kier molecular flexibility index (Phi) is 11.4. The summed E-state index contributed by atoms with van der Waals surface area (Å²) in [6.45, 7) is 11.3. The quantitative estimate of drug-likeness (QED) is 0.363. The van der Waals surface area contributed by atoms with Crippen LogP contribution in [0.1, 0.15) is 104 Å². The second-order valence-electron chi connectivity index (χ2n) is 8.59. The molecule has 0 spiro atoms. The maximum atomic E-state index is 12.5. The topological polar surface area (TPSA) is 40.5 Å². The maximum Gasteiger partial charge on any atom is 0.226 e. The van der Waals surface area contributed by atoms with Gasteiger partial charge in [0.2, 0.25) is 5.91 Å². The van der Waals surface area contributed by atoms with Crippen LogP contribution in [0.2, 0.25) is 0 Å². The van der Waals surface area contributed by atoms with E-state index in [1.807, 2.05) is 11.8 Å². The van der Waals surface area contributed by atoms with Crippen LogP contribution in [0, 0.1) is 0 Å². The second kappa shape index (κ2) is 13.0. The Morgan fingerprint density at radius 2 is 1.50 bits per heavy atom. The molecule has 1 atom stereocenters. The highest BCUT2D eigenvalue weighted by atomic mass is 16.3. The van der Waals surface area contributed by atoms with Crippen LogP contribution in [0.5, 0.6) is 0 Å². The predicted octanol–water partition coefficient (Wildman–Crippen LogP) is 6.62. The number of aliphatic hydroxyl groups is 1. The van der Waals surface area contributed by atoms with Crippen molar-refractivity contribution in [2.24, 2.45) is 0 Å². The number of hydrogen-bond acceptors (Lipinski definition) is 2. The van der Waals surface area contributed by atoms with Crippen LogP contribution in [0.15, 0.2) is 24.3 Å². The Morgan fingerprint density at radius 1 is 0.929 bits per heavy atom. The Balaban J connectivity index is 2.80. The first-order chi connectivity index (χ1) is 13.4. The van der Waals surface area contributed by atoms with E-state index in [0.29, 0.717) is 6.42 Å². The minimum Gasteiger partial charge on any atom is -0.392 e. The van der Waals surface area contributed by atoms with Gasteiger partial charge in [-0.1, -0.05) is 91.7 Å². The van der Waals surface area contributed by atoms with Gasteiger partial charge in [0.05, 0.1) is 6.10 Å². The number of aliphatic hydroxyl groups excluding tert-OH is 1. The van der Waals surface area contributed by atoms with Gasteiger partial charge in [0.15, 0.2) is 0 Å². The monoisotopic (exact) mass is 389 g/mol. The average molecular weight is 390 g/mol. The van der Waals surface area contributed by atoms with E-state index in [2.05, 4.69) is 52.0 Å². The number of rotatable bonds is 14. The fourth-order valence-corrected chi connectivity index (χ4v) is 3.67. The van der Waals surface area contributed by atoms with E-state index in [1.165, 1.54) is 38.5 Å². The lowest BCUT2D eigenvalue weighted by Gasteiger charge is -2.32. The molecule has 160 valence electrons. The van der Waals surface area contributed by atoms with Crippen molar-refractivity contribution < 1.29 is 9.90 Å². The summed E-state index contributed by atoms with van der Waals surface area (Å²) in [6.07, 6.45) is 10.4. The van der Waals surface area contributed by atoms with Gasteiger partial charge < -0.3 is 10.0 Å². The summed E-state index contributed by atoms with van der Waals surface area (Å²) >= 11 is 0. The fourth-order valence-electron chi connectivity index (χ4n) is 3.67. The van der Waals surface area contributed by atoms with Crippen LogP contribution < -0.4 is 4.90 Å². The Morgan fingerprint density at radius 3 is 2.07 bits per heavy atom. The smallest absolute Gasteiger partial charge is 0.226 e. The van der Waals surface area contributed by atoms with Crippen molar-refractivity contribution in [1.82, 2.24) is 0 Å². The lowest BCUT2D eigenvalue weighted by atomic mass is 9.77. The van der Waals surface area contributed by atoms with Crippen molar-refractivity contribution >= 4 is 11.6 Å². The van der Waals surface area contributed by atoms with Gasteiger partial charge in [0.1, 0.15) is 0 Å². The fraction of sp³-hybridized carbons (Fsp3) is 0.720. The van der Waals surface area contributed by atoms with E-state index in [4.69, 9.17) is 0 Å². The standard InChI is InChI=1S/C25H43NO2/c1-6-9-11-12-14-20-26(24(28)8-3)22-18-16-21(17-19-22)25(4,5)23(27)15-13-10-7-2/h16-19,23,27H,6-15,20H2,1-5H3. The Labute approximate surface area is 173 Å². The SMILES string of the molecule is CCCCCCCN(C(=O)CC)c1ccc(C(C)(C)C(O)CCCCC)cc1. The van der Waals surface area contributed by atoms with Crippen LogP contribution in [-0.2, 0) is 10.2 Å². The van der Waals surface area contributed by atoms with Gasteiger partial charge in [-0.3, -0.25) is 4.79 Å². The van der Waals surface area contributed by atoms with E-state index < -0.39 is 0 Å². The molecule has 1 amide bonds. The molecular weight excluding hydrogens is 346 g/mol. The van der Waals surface area contributed by atoms with E-state index in [1.54, 1.807) is 0 Å². The van der Waals surface area contributed by atoms with Crippen molar-refractivity contribution in [3.8, 4) is 0 Å². The van der Waals surface area contributed by atoms with Crippen molar-refractivity contribution in [2.75, 3.05) is 11.4 Å². The molecule has 3 heteroatoms. The minimum absolute atomic E-state index is 0.183. The van der Waals surface area contributed by atoms with Gasteiger partial charge in [-0.25, -0.2) is 0 Å². The number of carbonyl (C=O) groups excluding carboxylic acids is 1. The molecule has 1 aromatic rings. The van der Waals surface area contributed by atoms with E-state index in [0.717, 1.165) is 37.1 Å². The van der Waals surface area contributed by atoms with Gasteiger partial charge in [0, 0.05) is 24.1 Å². The Bertz CT molecular complexity index is 550. The number of amides is 1. The summed E-state index contributed by atoms with van der Waals surface area (Å²) in [7, 11) is 0. The van der Waals surface area contributed by atoms with Gasteiger partial charge in [-0.15, -0.1) is 0 Å². The third kappa shape index (κ3) is 7.58. The second-order valence-corrected chi connectivity index (χ2v) is 8.59. The number of unbranched alkanes of at least 4 members (excludes halogenated alkanes) is 6. The highest BCUT2D eigenvalue weighted by molar-refractivity contribution is 5.93. The van der Waals surface area contributed by atoms with Crippen molar-refractivity contribution in [2.45, 2.75) is 110 Å². The molecule has 0 saturated heterocycles. The molecule has 0 saturated carbocycles. The number of benzene rings is 1. The molecule has 3 nitrogen and oxygen atoms in total. The molecular formula is C25H43NO2. The van der Waals surface area contributed by atoms with Crippen LogP contribution >= 0.6 is 0 Å². The highest BCUT2D eigenvalue weighted by Crippen LogP contribution is 2.31. The number of nitrogens with zero attached hydrogens (tertiary/aromatic N) is 1. The summed E-state index contributed by atoms with van der Waals surface area (Å²) < 4.78 is 0. The molecule has 1 N–H and O–H groups in total. The molecule has 1 aromatic carbocycles. The van der Waals surface area contributed by atoms with Gasteiger partial charge in [0.25, 0.3) is 0 Å². The summed E-state index contributed by atoms with van der Waals surface area (Å²) in [5.41, 5.74) is 1.82. The lowest BCUT2D eigenvalue weighted by molar-refractivity contribution is -0.118. The van der Waals surface area contributed by atoms with Gasteiger partial charge >= 0.3 is 0 Å². The summed E-state index contributed by atoms with van der Waals surface area (Å²) in [5, 5.41) is 10.7. The van der Waals surface area contributed by atoms with E-state index >= 15 is 0 Å². The first-order valence-electron chi connectivity index (χ1n) is 11.5. The van der Waals surface area contributed by atoms with Gasteiger partial charge in [-0.05, 0) is 30.5 Å². The van der Waals surface area contributed by atoms with Gasteiger partial charge in [-0.2, -0.15) is 0 Å². The molecule has 0 aromatic heterocycles. The van der Waals surface area contributed by atoms with Crippen molar-refractivity contribution in [1.29, 1.82) is 0 Å². The Hall–Kier alpha value is -1.35. The van der Waals surface area contributed by atoms with Crippen LogP contribution in [0.25, 0.3) is 0 Å². The zero-order valence-corrected chi connectivity index (χ0v) is 19.0. The summed E-state index contributed by atoms with van der Waals surface area (Å²) in [5.74, 6) is 0.183. The first kappa shape index (κ1) is 24.7. The van der Waals surface area contributed by atoms with Crippen LogP contribution in [0.4, 0.5) is 5.69 Å². The first-order valence-corrected chi connectivity index (χ1v) is 11.5. The molecule has 0 bridgehead atoms. The molecule has 1 unspecified atom stereocenters. The summed E-state index contributed by atoms with van der Waals surface area (Å²) in [4.78, 5) is 14.4. The molecule has 0 aliphatic heterocycles. The van der Waals surface area contributed by atoms with Crippen molar-refractivity contribution in [3.05, 3.63) is 29.8 Å². The normalized spacial score (nSPS) is 12.8. The molecule has 0 fully saturated rings. The zero-order chi connectivity index (χ0) is 21.0. The number of hydrogen-bond donors (Lipinski definition) is 1. The van der Waals surface area contributed by atoms with Crippen LogP contribution in [-0.4, -0.2) is 23.7 Å². The molecule has 0 aliphatic rings. The largest absolute Gasteiger partial charge is 0.392 e.